The van der Waals surface area contributed by atoms with Gasteiger partial charge in [-0.2, -0.15) is 0 Å². The van der Waals surface area contributed by atoms with Crippen molar-refractivity contribution < 1.29 is 4.79 Å². The second-order valence-electron chi connectivity index (χ2n) is 5.52. The molecule has 3 heteroatoms. The molecule has 0 unspecified atom stereocenters. The number of aryl methyl sites for hydroxylation is 1. The Morgan fingerprint density at radius 3 is 2.72 bits per heavy atom. The Morgan fingerprint density at radius 1 is 1.33 bits per heavy atom. The summed E-state index contributed by atoms with van der Waals surface area (Å²) in [7, 11) is 0. The Bertz CT molecular complexity index is 487. The molecule has 1 aromatic rings. The van der Waals surface area contributed by atoms with Crippen molar-refractivity contribution in [1.29, 1.82) is 0 Å². The zero-order valence-corrected chi connectivity index (χ0v) is 11.1. The van der Waals surface area contributed by atoms with E-state index >= 15 is 0 Å². The quantitative estimate of drug-likeness (QED) is 0.822. The topological polar surface area (TPSA) is 32.3 Å². The summed E-state index contributed by atoms with van der Waals surface area (Å²) in [4.78, 5) is 14.8. The predicted molar refractivity (Wildman–Crippen MR) is 72.8 cm³/mol. The van der Waals surface area contributed by atoms with Crippen molar-refractivity contribution in [2.75, 3.05) is 25.0 Å². The second-order valence-corrected chi connectivity index (χ2v) is 5.52. The van der Waals surface area contributed by atoms with Crippen LogP contribution in [0.25, 0.3) is 0 Å². The highest BCUT2D eigenvalue weighted by molar-refractivity contribution is 6.06. The number of anilines is 1. The summed E-state index contributed by atoms with van der Waals surface area (Å²) in [6.07, 6.45) is 1.89. The third kappa shape index (κ3) is 1.57. The fraction of sp³-hybridized carbons (Fsp3) is 0.533. The second kappa shape index (κ2) is 4.09. The number of carbonyl (C=O) groups excluding carboxylic acids is 1. The molecule has 3 rings (SSSR count). The van der Waals surface area contributed by atoms with E-state index in [-0.39, 0.29) is 11.3 Å². The Hall–Kier alpha value is -1.35. The van der Waals surface area contributed by atoms with E-state index in [9.17, 15) is 4.79 Å². The molecule has 96 valence electrons. The fourth-order valence-corrected chi connectivity index (χ4v) is 3.29. The van der Waals surface area contributed by atoms with Crippen LogP contribution >= 0.6 is 0 Å². The van der Waals surface area contributed by atoms with Crippen molar-refractivity contribution in [3.63, 3.8) is 0 Å². The van der Waals surface area contributed by atoms with Gasteiger partial charge in [0.15, 0.2) is 0 Å². The average Bonchev–Trinajstić information content (AvgIpc) is 2.63. The maximum atomic E-state index is 12.4. The highest BCUT2D eigenvalue weighted by Gasteiger charge is 2.47. The summed E-state index contributed by atoms with van der Waals surface area (Å²) in [5.74, 6) is 0.207. The van der Waals surface area contributed by atoms with Gasteiger partial charge in [-0.15, -0.1) is 0 Å². The van der Waals surface area contributed by atoms with Crippen LogP contribution in [0.3, 0.4) is 0 Å². The first-order valence-electron chi connectivity index (χ1n) is 6.81. The third-order valence-electron chi connectivity index (χ3n) is 4.53. The average molecular weight is 244 g/mol. The Kier molecular flexibility index (Phi) is 2.67. The van der Waals surface area contributed by atoms with Gasteiger partial charge in [0.2, 0.25) is 5.91 Å². The van der Waals surface area contributed by atoms with Gasteiger partial charge >= 0.3 is 0 Å². The molecular weight excluding hydrogens is 224 g/mol. The Morgan fingerprint density at radius 2 is 2.06 bits per heavy atom. The van der Waals surface area contributed by atoms with Crippen molar-refractivity contribution >= 4 is 11.6 Å². The number of piperidine rings is 1. The molecule has 0 radical (unpaired) electrons. The molecule has 0 aromatic heterocycles. The number of likely N-dealkylation sites (tertiary alicyclic amines) is 1. The molecule has 2 aliphatic heterocycles. The lowest BCUT2D eigenvalue weighted by atomic mass is 9.73. The van der Waals surface area contributed by atoms with Crippen LogP contribution in [0.1, 0.15) is 30.9 Å². The lowest BCUT2D eigenvalue weighted by Gasteiger charge is -2.37. The van der Waals surface area contributed by atoms with Crippen LogP contribution in [0.4, 0.5) is 5.69 Å². The van der Waals surface area contributed by atoms with Crippen LogP contribution in [-0.2, 0) is 10.2 Å². The summed E-state index contributed by atoms with van der Waals surface area (Å²) >= 11 is 0. The maximum absolute atomic E-state index is 12.4. The van der Waals surface area contributed by atoms with E-state index in [1.165, 1.54) is 11.1 Å². The van der Waals surface area contributed by atoms with Gasteiger partial charge in [-0.25, -0.2) is 0 Å². The van der Waals surface area contributed by atoms with E-state index in [0.717, 1.165) is 38.2 Å². The number of hydrogen-bond acceptors (Lipinski definition) is 2. The minimum absolute atomic E-state index is 0.207. The van der Waals surface area contributed by atoms with Gasteiger partial charge in [-0.1, -0.05) is 19.1 Å². The fourth-order valence-electron chi connectivity index (χ4n) is 3.29. The van der Waals surface area contributed by atoms with Gasteiger partial charge in [-0.3, -0.25) is 4.79 Å². The lowest BCUT2D eigenvalue weighted by Crippen LogP contribution is -2.46. The zero-order chi connectivity index (χ0) is 12.8. The normalized spacial score (nSPS) is 22.0. The first-order chi connectivity index (χ1) is 8.65. The minimum Gasteiger partial charge on any atom is -0.325 e. The summed E-state index contributed by atoms with van der Waals surface area (Å²) in [5, 5.41) is 3.07. The summed E-state index contributed by atoms with van der Waals surface area (Å²) < 4.78 is 0. The molecule has 0 aliphatic carbocycles. The van der Waals surface area contributed by atoms with Crippen molar-refractivity contribution in [2.45, 2.75) is 32.1 Å². The van der Waals surface area contributed by atoms with Crippen LogP contribution < -0.4 is 5.32 Å². The molecule has 3 nitrogen and oxygen atoms in total. The van der Waals surface area contributed by atoms with Gasteiger partial charge in [0.05, 0.1) is 5.41 Å². The highest BCUT2D eigenvalue weighted by atomic mass is 16.2. The van der Waals surface area contributed by atoms with Gasteiger partial charge in [0.25, 0.3) is 0 Å². The monoisotopic (exact) mass is 244 g/mol. The van der Waals surface area contributed by atoms with E-state index in [1.807, 2.05) is 0 Å². The van der Waals surface area contributed by atoms with E-state index < -0.39 is 0 Å². The molecule has 1 spiro atoms. The van der Waals surface area contributed by atoms with Crippen LogP contribution in [0.15, 0.2) is 18.2 Å². The molecule has 1 aromatic carbocycles. The standard InChI is InChI=1S/C15H20N2O/c1-3-17-8-6-15(7-9-17)12-5-4-11(2)10-13(12)16-14(15)18/h4-5,10H,3,6-9H2,1-2H3,(H,16,18). The van der Waals surface area contributed by atoms with Crippen molar-refractivity contribution in [3.05, 3.63) is 29.3 Å². The van der Waals surface area contributed by atoms with Crippen LogP contribution in [-0.4, -0.2) is 30.4 Å². The predicted octanol–water partition coefficient (Wildman–Crippen LogP) is 2.30. The molecule has 1 amide bonds. The number of nitrogens with zero attached hydrogens (tertiary/aromatic N) is 1. The van der Waals surface area contributed by atoms with E-state index in [0.29, 0.717) is 0 Å². The summed E-state index contributed by atoms with van der Waals surface area (Å²) in [5.41, 5.74) is 3.20. The van der Waals surface area contributed by atoms with E-state index in [2.05, 4.69) is 42.3 Å². The molecule has 1 N–H and O–H groups in total. The third-order valence-corrected chi connectivity index (χ3v) is 4.53. The molecule has 0 bridgehead atoms. The number of hydrogen-bond donors (Lipinski definition) is 1. The largest absolute Gasteiger partial charge is 0.325 e. The number of fused-ring (bicyclic) bond motifs is 2. The van der Waals surface area contributed by atoms with Gasteiger partial charge in [-0.05, 0) is 56.6 Å². The first kappa shape index (κ1) is 11.7. The van der Waals surface area contributed by atoms with Crippen molar-refractivity contribution in [2.24, 2.45) is 0 Å². The molecule has 0 atom stereocenters. The van der Waals surface area contributed by atoms with Crippen LogP contribution in [0.2, 0.25) is 0 Å². The maximum Gasteiger partial charge on any atom is 0.235 e. The number of amides is 1. The number of benzene rings is 1. The molecule has 2 heterocycles. The van der Waals surface area contributed by atoms with Crippen molar-refractivity contribution in [1.82, 2.24) is 4.90 Å². The number of carbonyl (C=O) groups is 1. The smallest absolute Gasteiger partial charge is 0.235 e. The Labute approximate surface area is 108 Å². The molecule has 18 heavy (non-hydrogen) atoms. The van der Waals surface area contributed by atoms with E-state index in [4.69, 9.17) is 0 Å². The molecular formula is C15H20N2O. The van der Waals surface area contributed by atoms with Gasteiger partial charge in [0.1, 0.15) is 0 Å². The molecule has 0 saturated carbocycles. The number of rotatable bonds is 1. The summed E-state index contributed by atoms with van der Waals surface area (Å²) in [6.45, 7) is 7.38. The van der Waals surface area contributed by atoms with Gasteiger partial charge < -0.3 is 10.2 Å². The molecule has 1 fully saturated rings. The summed E-state index contributed by atoms with van der Waals surface area (Å²) in [6, 6.07) is 6.35. The highest BCUT2D eigenvalue weighted by Crippen LogP contribution is 2.45. The van der Waals surface area contributed by atoms with Crippen LogP contribution in [0.5, 0.6) is 0 Å². The SMILES string of the molecule is CCN1CCC2(CC1)C(=O)Nc1cc(C)ccc12. The lowest BCUT2D eigenvalue weighted by molar-refractivity contribution is -0.122. The zero-order valence-electron chi connectivity index (χ0n) is 11.1. The first-order valence-corrected chi connectivity index (χ1v) is 6.81. The van der Waals surface area contributed by atoms with Gasteiger partial charge in [0, 0.05) is 5.69 Å². The van der Waals surface area contributed by atoms with Crippen molar-refractivity contribution in [3.8, 4) is 0 Å². The molecule has 1 saturated heterocycles. The van der Waals surface area contributed by atoms with E-state index in [1.54, 1.807) is 0 Å². The Balaban J connectivity index is 1.97. The molecule has 2 aliphatic rings. The number of nitrogens with one attached hydrogen (secondary N) is 1. The minimum atomic E-state index is -0.255. The van der Waals surface area contributed by atoms with Crippen LogP contribution in [0, 0.1) is 6.92 Å².